The number of anilines is 2. The van der Waals surface area contributed by atoms with Gasteiger partial charge in [-0.3, -0.25) is 0 Å². The first-order valence-corrected chi connectivity index (χ1v) is 16.9. The van der Waals surface area contributed by atoms with E-state index in [1.165, 1.54) is 66.7 Å². The molecule has 0 spiro atoms. The topological polar surface area (TPSA) is 17.9 Å². The molecule has 0 N–H and O–H groups in total. The number of hydrogen-bond acceptors (Lipinski definition) is 4. The van der Waals surface area contributed by atoms with Crippen molar-refractivity contribution in [2.45, 2.75) is 64.7 Å². The van der Waals surface area contributed by atoms with E-state index in [0.29, 0.717) is 0 Å². The highest BCUT2D eigenvalue weighted by molar-refractivity contribution is 6.12. The van der Waals surface area contributed by atoms with Crippen LogP contribution in [0.3, 0.4) is 0 Å². The molecule has 5 aromatic rings. The van der Waals surface area contributed by atoms with Crippen molar-refractivity contribution in [3.05, 3.63) is 125 Å². The number of aromatic nitrogens is 1. The number of fused-ring (bicyclic) bond motifs is 5. The van der Waals surface area contributed by atoms with E-state index in [4.69, 9.17) is 0 Å². The Morgan fingerprint density at radius 3 is 1.91 bits per heavy atom. The molecule has 4 heterocycles. The second-order valence-corrected chi connectivity index (χ2v) is 16.2. The molecule has 3 aliphatic heterocycles. The molecule has 8 rings (SSSR count). The number of benzene rings is 4. The summed E-state index contributed by atoms with van der Waals surface area (Å²) in [5.74, 6) is 0. The molecule has 0 bridgehead atoms. The average molecular weight is 622 g/mol. The van der Waals surface area contributed by atoms with Gasteiger partial charge in [-0.1, -0.05) is 71.9 Å². The summed E-state index contributed by atoms with van der Waals surface area (Å²) in [5.41, 5.74) is 12.7. The Morgan fingerprint density at radius 1 is 0.596 bits per heavy atom. The van der Waals surface area contributed by atoms with Crippen molar-refractivity contribution in [3.8, 4) is 5.69 Å². The number of para-hydroxylation sites is 1. The van der Waals surface area contributed by atoms with Crippen LogP contribution in [0.4, 0.5) is 11.4 Å². The second kappa shape index (κ2) is 9.93. The van der Waals surface area contributed by atoms with Gasteiger partial charge in [0, 0.05) is 66.5 Å². The van der Waals surface area contributed by atoms with Crippen molar-refractivity contribution in [2.24, 2.45) is 0 Å². The van der Waals surface area contributed by atoms with Crippen molar-refractivity contribution >= 4 is 33.2 Å². The highest BCUT2D eigenvalue weighted by Gasteiger charge is 2.41. The Balaban J connectivity index is 1.46. The van der Waals surface area contributed by atoms with Crippen LogP contribution < -0.4 is 9.80 Å². The first-order chi connectivity index (χ1) is 22.2. The van der Waals surface area contributed by atoms with Gasteiger partial charge in [0.05, 0.1) is 30.1 Å². The zero-order valence-corrected chi connectivity index (χ0v) is 29.4. The smallest absolute Gasteiger partial charge is 0.0938 e. The summed E-state index contributed by atoms with van der Waals surface area (Å²) < 4.78 is 2.55. The van der Waals surface area contributed by atoms with Crippen molar-refractivity contribution in [2.75, 3.05) is 37.2 Å². The van der Waals surface area contributed by atoms with Gasteiger partial charge in [-0.15, -0.1) is 0 Å². The van der Waals surface area contributed by atoms with Crippen LogP contribution >= 0.6 is 0 Å². The van der Waals surface area contributed by atoms with Gasteiger partial charge in [0.15, 0.2) is 0 Å². The molecule has 1 unspecified atom stereocenters. The quantitative estimate of drug-likeness (QED) is 0.200. The Bertz CT molecular complexity index is 2130. The van der Waals surface area contributed by atoms with Gasteiger partial charge in [-0.05, 0) is 88.0 Å². The maximum Gasteiger partial charge on any atom is 0.0938 e. The van der Waals surface area contributed by atoms with E-state index in [1.807, 2.05) is 0 Å². The fourth-order valence-corrected chi connectivity index (χ4v) is 7.84. The van der Waals surface area contributed by atoms with Gasteiger partial charge in [-0.25, -0.2) is 0 Å². The number of nitrogens with zero attached hydrogens (tertiary/aromatic N) is 5. The molecular formula is C42H47N5. The highest BCUT2D eigenvalue weighted by atomic mass is 15.3. The molecule has 5 nitrogen and oxygen atoms in total. The minimum Gasteiger partial charge on any atom is -0.361 e. The molecule has 1 aromatic heterocycles. The molecule has 0 saturated heterocycles. The lowest BCUT2D eigenvalue weighted by molar-refractivity contribution is 0.495. The monoisotopic (exact) mass is 621 g/mol. The summed E-state index contributed by atoms with van der Waals surface area (Å²) in [5, 5.41) is 2.65. The maximum atomic E-state index is 2.55. The summed E-state index contributed by atoms with van der Waals surface area (Å²) >= 11 is 0. The van der Waals surface area contributed by atoms with Crippen LogP contribution in [0.25, 0.3) is 27.5 Å². The lowest BCUT2D eigenvalue weighted by atomic mass is 9.67. The molecule has 5 heteroatoms. The predicted molar refractivity (Wildman–Crippen MR) is 199 cm³/mol. The van der Waals surface area contributed by atoms with Crippen LogP contribution in [0.5, 0.6) is 0 Å². The van der Waals surface area contributed by atoms with Gasteiger partial charge in [0.2, 0.25) is 0 Å². The number of rotatable bonds is 3. The lowest BCUT2D eigenvalue weighted by Gasteiger charge is -2.40. The molecule has 240 valence electrons. The molecular weight excluding hydrogens is 574 g/mol. The minimum absolute atomic E-state index is 0.00893. The van der Waals surface area contributed by atoms with Gasteiger partial charge in [0.25, 0.3) is 0 Å². The molecule has 47 heavy (non-hydrogen) atoms. The third-order valence-corrected chi connectivity index (χ3v) is 10.7. The molecule has 0 aliphatic carbocycles. The van der Waals surface area contributed by atoms with Crippen LogP contribution in [0.15, 0.2) is 97.6 Å². The lowest BCUT2D eigenvalue weighted by Crippen LogP contribution is -2.32. The van der Waals surface area contributed by atoms with Crippen LogP contribution in [0, 0.1) is 0 Å². The summed E-state index contributed by atoms with van der Waals surface area (Å²) in [4.78, 5) is 9.18. The first kappa shape index (κ1) is 29.7. The third-order valence-electron chi connectivity index (χ3n) is 10.7. The summed E-state index contributed by atoms with van der Waals surface area (Å²) in [6.07, 6.45) is 8.73. The Morgan fingerprint density at radius 2 is 1.28 bits per heavy atom. The minimum atomic E-state index is -0.400. The van der Waals surface area contributed by atoms with Gasteiger partial charge in [0.1, 0.15) is 0 Å². The first-order valence-electron chi connectivity index (χ1n) is 16.9. The highest BCUT2D eigenvalue weighted by Crippen LogP contribution is 2.53. The van der Waals surface area contributed by atoms with Crippen LogP contribution in [0.2, 0.25) is 0 Å². The fourth-order valence-electron chi connectivity index (χ4n) is 7.84. The van der Waals surface area contributed by atoms with Gasteiger partial charge in [-0.2, -0.15) is 0 Å². The van der Waals surface area contributed by atoms with Crippen LogP contribution in [-0.4, -0.2) is 41.8 Å². The summed E-state index contributed by atoms with van der Waals surface area (Å²) in [6.45, 7) is 18.1. The SMILES string of the molecule is CN1C=CN(c2cc(C(C)(C)C)cc(C3(C)c4cc(N5C=CN(C)C5)ccc4-n4c5ccc(C(C)(C)C)cc5c5cccc3c54)c2)C1. The third kappa shape index (κ3) is 4.50. The predicted octanol–water partition coefficient (Wildman–Crippen LogP) is 9.41. The van der Waals surface area contributed by atoms with Crippen molar-refractivity contribution in [1.82, 2.24) is 14.4 Å². The molecule has 0 amide bonds. The Labute approximate surface area is 280 Å². The average Bonchev–Trinajstić information content (AvgIpc) is 3.75. The summed E-state index contributed by atoms with van der Waals surface area (Å²) in [7, 11) is 4.27. The fraction of sp³-hybridized carbons (Fsp3) is 0.333. The second-order valence-electron chi connectivity index (χ2n) is 16.2. The Hall–Kier alpha value is -4.64. The van der Waals surface area contributed by atoms with E-state index < -0.39 is 5.41 Å². The van der Waals surface area contributed by atoms with Crippen molar-refractivity contribution in [1.29, 1.82) is 0 Å². The van der Waals surface area contributed by atoms with E-state index in [0.717, 1.165) is 13.3 Å². The largest absolute Gasteiger partial charge is 0.361 e. The molecule has 3 aliphatic rings. The van der Waals surface area contributed by atoms with Crippen molar-refractivity contribution < 1.29 is 0 Å². The van der Waals surface area contributed by atoms with E-state index in [1.54, 1.807) is 0 Å². The van der Waals surface area contributed by atoms with Gasteiger partial charge < -0.3 is 24.2 Å². The van der Waals surface area contributed by atoms with Crippen LogP contribution in [0.1, 0.15) is 76.3 Å². The van der Waals surface area contributed by atoms with E-state index in [-0.39, 0.29) is 10.8 Å². The maximum absolute atomic E-state index is 2.55. The zero-order chi connectivity index (χ0) is 33.0. The van der Waals surface area contributed by atoms with Gasteiger partial charge >= 0.3 is 0 Å². The molecule has 1 atom stereocenters. The molecule has 0 radical (unpaired) electrons. The summed E-state index contributed by atoms with van der Waals surface area (Å²) in [6, 6.07) is 28.6. The van der Waals surface area contributed by atoms with E-state index in [2.05, 4.69) is 184 Å². The standard InChI is InChI=1S/C42H47N5/c1-40(2,3)28-13-15-37-34(24-28)33-11-10-12-35-39(33)47(37)38-16-14-31(45-19-17-43(8)26-45)25-36(38)42(35,7)30-21-29(41(4,5)6)22-32(23-30)46-20-18-44(9)27-46/h10-25H,26-27H2,1-9H3. The number of hydrogen-bond donors (Lipinski definition) is 0. The van der Waals surface area contributed by atoms with E-state index >= 15 is 0 Å². The molecule has 4 aromatic carbocycles. The zero-order valence-electron chi connectivity index (χ0n) is 29.4. The van der Waals surface area contributed by atoms with Crippen LogP contribution in [-0.2, 0) is 16.2 Å². The van der Waals surface area contributed by atoms with Crippen molar-refractivity contribution in [3.63, 3.8) is 0 Å². The molecule has 0 fully saturated rings. The normalized spacial score (nSPS) is 19.2. The Kier molecular flexibility index (Phi) is 6.29. The van der Waals surface area contributed by atoms with E-state index in [9.17, 15) is 0 Å². The molecule has 0 saturated carbocycles.